The number of phenols is 1. The van der Waals surface area contributed by atoms with Crippen LogP contribution in [0, 0.1) is 0 Å². The number of ketones is 1. The summed E-state index contributed by atoms with van der Waals surface area (Å²) < 4.78 is 4.63. The van der Waals surface area contributed by atoms with Crippen LogP contribution in [0.3, 0.4) is 0 Å². The highest BCUT2D eigenvalue weighted by Crippen LogP contribution is 2.20. The number of aromatic hydroxyl groups is 1. The van der Waals surface area contributed by atoms with E-state index in [1.54, 1.807) is 0 Å². The number of methoxy groups -OCH3 is 1. The quantitative estimate of drug-likeness (QED) is 0.588. The van der Waals surface area contributed by atoms with Crippen molar-refractivity contribution in [2.75, 3.05) is 13.7 Å². The fourth-order valence-electron chi connectivity index (χ4n) is 2.50. The van der Waals surface area contributed by atoms with E-state index < -0.39 is 5.97 Å². The maximum atomic E-state index is 12.6. The Hall–Kier alpha value is -2.37. The molecule has 2 rings (SSSR count). The average Bonchev–Trinajstić information content (AvgIpc) is 2.61. The van der Waals surface area contributed by atoms with Crippen molar-refractivity contribution in [1.29, 1.82) is 0 Å². The van der Waals surface area contributed by atoms with Gasteiger partial charge in [-0.1, -0.05) is 30.3 Å². The number of benzene rings is 2. The van der Waals surface area contributed by atoms with Gasteiger partial charge in [0.05, 0.1) is 13.7 Å². The van der Waals surface area contributed by atoms with Crippen LogP contribution < -0.4 is 0 Å². The molecule has 0 atom stereocenters. The molecule has 2 aromatic carbocycles. The molecule has 0 heterocycles. The van der Waals surface area contributed by atoms with Gasteiger partial charge >= 0.3 is 5.97 Å². The molecule has 5 nitrogen and oxygen atoms in total. The second-order valence-corrected chi connectivity index (χ2v) is 6.13. The summed E-state index contributed by atoms with van der Waals surface area (Å²) in [4.78, 5) is 26.4. The van der Waals surface area contributed by atoms with Crippen molar-refractivity contribution in [2.24, 2.45) is 0 Å². The largest absolute Gasteiger partial charge is 0.507 e. The molecule has 0 aliphatic carbocycles. The second kappa shape index (κ2) is 9.94. The number of halogens is 1. The molecule has 0 unspecified atom stereocenters. The predicted molar refractivity (Wildman–Crippen MR) is 103 cm³/mol. The molecule has 0 aromatic heterocycles. The molecular weight excluding hydrogens is 354 g/mol. The Morgan fingerprint density at radius 3 is 2.35 bits per heavy atom. The van der Waals surface area contributed by atoms with Crippen LogP contribution in [-0.2, 0) is 11.3 Å². The summed E-state index contributed by atoms with van der Waals surface area (Å²) in [6, 6.07) is 14.4. The zero-order chi connectivity index (χ0) is 18.4. The monoisotopic (exact) mass is 377 g/mol. The summed E-state index contributed by atoms with van der Waals surface area (Å²) in [5.41, 5.74) is 1.49. The topological polar surface area (TPSA) is 66.8 Å². The van der Waals surface area contributed by atoms with Crippen LogP contribution in [0.25, 0.3) is 0 Å². The van der Waals surface area contributed by atoms with E-state index in [4.69, 9.17) is 0 Å². The van der Waals surface area contributed by atoms with Gasteiger partial charge in [-0.15, -0.1) is 12.4 Å². The van der Waals surface area contributed by atoms with Gasteiger partial charge in [0.15, 0.2) is 5.78 Å². The third-order valence-corrected chi connectivity index (χ3v) is 4.03. The van der Waals surface area contributed by atoms with Gasteiger partial charge in [-0.3, -0.25) is 9.69 Å². The SMILES string of the molecule is COC(=O)c1cc(C(=O)CN(Cc2ccccc2)C(C)C)ccc1O.Cl. The van der Waals surface area contributed by atoms with Crippen LogP contribution in [-0.4, -0.2) is 41.5 Å². The minimum absolute atomic E-state index is 0. The minimum atomic E-state index is -0.669. The maximum Gasteiger partial charge on any atom is 0.341 e. The molecule has 0 saturated carbocycles. The van der Waals surface area contributed by atoms with Gasteiger partial charge in [0.1, 0.15) is 11.3 Å². The molecule has 0 bridgehead atoms. The van der Waals surface area contributed by atoms with Gasteiger partial charge in [0.25, 0.3) is 0 Å². The molecular formula is C20H24ClNO4. The fourth-order valence-corrected chi connectivity index (χ4v) is 2.50. The Bertz CT molecular complexity index is 747. The first-order chi connectivity index (χ1) is 11.9. The zero-order valence-corrected chi connectivity index (χ0v) is 16.0. The highest BCUT2D eigenvalue weighted by atomic mass is 35.5. The highest BCUT2D eigenvalue weighted by molar-refractivity contribution is 6.01. The summed E-state index contributed by atoms with van der Waals surface area (Å²) in [6.07, 6.45) is 0. The van der Waals surface area contributed by atoms with Crippen LogP contribution >= 0.6 is 12.4 Å². The lowest BCUT2D eigenvalue weighted by Crippen LogP contribution is -2.35. The van der Waals surface area contributed by atoms with E-state index in [1.165, 1.54) is 25.3 Å². The molecule has 26 heavy (non-hydrogen) atoms. The molecule has 2 aromatic rings. The zero-order valence-electron chi connectivity index (χ0n) is 15.1. The number of rotatable bonds is 7. The number of carbonyl (C=O) groups excluding carboxylic acids is 2. The van der Waals surface area contributed by atoms with Crippen molar-refractivity contribution in [1.82, 2.24) is 4.90 Å². The summed E-state index contributed by atoms with van der Waals surface area (Å²) in [7, 11) is 1.23. The lowest BCUT2D eigenvalue weighted by Gasteiger charge is -2.26. The van der Waals surface area contributed by atoms with E-state index in [0.717, 1.165) is 5.56 Å². The number of hydrogen-bond acceptors (Lipinski definition) is 5. The Kier molecular flexibility index (Phi) is 8.29. The number of nitrogens with zero attached hydrogens (tertiary/aromatic N) is 1. The van der Waals surface area contributed by atoms with Gasteiger partial charge in [-0.05, 0) is 37.6 Å². The molecule has 0 aliphatic heterocycles. The minimum Gasteiger partial charge on any atom is -0.507 e. The molecule has 6 heteroatoms. The molecule has 0 aliphatic rings. The van der Waals surface area contributed by atoms with Crippen LogP contribution in [0.2, 0.25) is 0 Å². The summed E-state index contributed by atoms with van der Waals surface area (Å²) in [5, 5.41) is 9.76. The molecule has 0 saturated heterocycles. The predicted octanol–water partition coefficient (Wildman–Crippen LogP) is 3.69. The van der Waals surface area contributed by atoms with E-state index in [-0.39, 0.29) is 42.1 Å². The smallest absolute Gasteiger partial charge is 0.341 e. The normalized spacial score (nSPS) is 10.5. The van der Waals surface area contributed by atoms with Crippen LogP contribution in [0.15, 0.2) is 48.5 Å². The van der Waals surface area contributed by atoms with E-state index in [1.807, 2.05) is 44.2 Å². The second-order valence-electron chi connectivity index (χ2n) is 6.13. The first-order valence-corrected chi connectivity index (χ1v) is 8.15. The lowest BCUT2D eigenvalue weighted by molar-refractivity contribution is 0.0597. The lowest BCUT2D eigenvalue weighted by atomic mass is 10.0. The van der Waals surface area contributed by atoms with Crippen LogP contribution in [0.1, 0.15) is 40.1 Å². The summed E-state index contributed by atoms with van der Waals surface area (Å²) in [6.45, 7) is 4.95. The number of ether oxygens (including phenoxy) is 1. The van der Waals surface area contributed by atoms with E-state index in [9.17, 15) is 14.7 Å². The van der Waals surface area contributed by atoms with E-state index in [2.05, 4.69) is 9.64 Å². The Labute approximate surface area is 160 Å². The van der Waals surface area contributed by atoms with E-state index in [0.29, 0.717) is 12.1 Å². The van der Waals surface area contributed by atoms with Gasteiger partial charge in [-0.25, -0.2) is 4.79 Å². The number of phenolic OH excluding ortho intramolecular Hbond substituents is 1. The summed E-state index contributed by atoms with van der Waals surface area (Å²) >= 11 is 0. The van der Waals surface area contributed by atoms with Crippen molar-refractivity contribution in [3.05, 3.63) is 65.2 Å². The van der Waals surface area contributed by atoms with Crippen LogP contribution in [0.5, 0.6) is 5.75 Å². The van der Waals surface area contributed by atoms with Crippen molar-refractivity contribution >= 4 is 24.2 Å². The highest BCUT2D eigenvalue weighted by Gasteiger charge is 2.19. The van der Waals surface area contributed by atoms with Gasteiger partial charge < -0.3 is 9.84 Å². The first-order valence-electron chi connectivity index (χ1n) is 8.15. The third-order valence-electron chi connectivity index (χ3n) is 4.03. The number of carbonyl (C=O) groups is 2. The summed E-state index contributed by atoms with van der Waals surface area (Å²) in [5.74, 6) is -0.986. The Morgan fingerprint density at radius 2 is 1.77 bits per heavy atom. The molecule has 1 N–H and O–H groups in total. The molecule has 140 valence electrons. The number of Topliss-reactive ketones (excluding diaryl/α,β-unsaturated/α-hetero) is 1. The van der Waals surface area contributed by atoms with Gasteiger partial charge in [0.2, 0.25) is 0 Å². The van der Waals surface area contributed by atoms with E-state index >= 15 is 0 Å². The van der Waals surface area contributed by atoms with Gasteiger partial charge in [-0.2, -0.15) is 0 Å². The maximum absolute atomic E-state index is 12.6. The fraction of sp³-hybridized carbons (Fsp3) is 0.300. The average molecular weight is 378 g/mol. The van der Waals surface area contributed by atoms with Crippen molar-refractivity contribution in [3.8, 4) is 5.75 Å². The number of esters is 1. The molecule has 0 fully saturated rings. The number of hydrogen-bond donors (Lipinski definition) is 1. The van der Waals surface area contributed by atoms with Crippen LogP contribution in [0.4, 0.5) is 0 Å². The Morgan fingerprint density at radius 1 is 1.12 bits per heavy atom. The molecule has 0 spiro atoms. The van der Waals surface area contributed by atoms with Crippen molar-refractivity contribution in [3.63, 3.8) is 0 Å². The standard InChI is InChI=1S/C20H23NO4.ClH/c1-14(2)21(12-15-7-5-4-6-8-15)13-19(23)16-9-10-18(22)17(11-16)20(24)25-3;/h4-11,14,22H,12-13H2,1-3H3;1H. The van der Waals surface area contributed by atoms with Gasteiger partial charge in [0, 0.05) is 18.2 Å². The Balaban J connectivity index is 0.00000338. The third kappa shape index (κ3) is 5.58. The molecule has 0 amide bonds. The van der Waals surface area contributed by atoms with Crippen molar-refractivity contribution in [2.45, 2.75) is 26.4 Å². The molecule has 0 radical (unpaired) electrons. The first kappa shape index (κ1) is 21.7. The van der Waals surface area contributed by atoms with Crippen molar-refractivity contribution < 1.29 is 19.4 Å².